The highest BCUT2D eigenvalue weighted by Gasteiger charge is 2.09. The van der Waals surface area contributed by atoms with Crippen molar-refractivity contribution >= 4 is 33.3 Å². The number of benzene rings is 1. The number of rotatable bonds is 5. The zero-order chi connectivity index (χ0) is 15.4. The largest absolute Gasteiger partial charge is 0.370 e. The summed E-state index contributed by atoms with van der Waals surface area (Å²) in [6, 6.07) is 6.22. The minimum atomic E-state index is 0.758. The van der Waals surface area contributed by atoms with Crippen LogP contribution >= 0.6 is 15.9 Å². The van der Waals surface area contributed by atoms with E-state index in [1.807, 2.05) is 19.9 Å². The quantitative estimate of drug-likeness (QED) is 0.819. The average Bonchev–Trinajstić information content (AvgIpc) is 2.39. The van der Waals surface area contributed by atoms with Gasteiger partial charge in [0, 0.05) is 22.3 Å². The van der Waals surface area contributed by atoms with Crippen LogP contribution < -0.4 is 10.6 Å². The summed E-state index contributed by atoms with van der Waals surface area (Å²) in [7, 11) is 0. The highest BCUT2D eigenvalue weighted by molar-refractivity contribution is 9.10. The van der Waals surface area contributed by atoms with Gasteiger partial charge in [0.25, 0.3) is 0 Å². The lowest BCUT2D eigenvalue weighted by Crippen LogP contribution is -2.09. The number of anilines is 3. The molecule has 0 bridgehead atoms. The lowest BCUT2D eigenvalue weighted by Gasteiger charge is -2.14. The van der Waals surface area contributed by atoms with Gasteiger partial charge in [-0.15, -0.1) is 0 Å². The lowest BCUT2D eigenvalue weighted by molar-refractivity contribution is 0.948. The summed E-state index contributed by atoms with van der Waals surface area (Å²) in [4.78, 5) is 8.99. The van der Waals surface area contributed by atoms with E-state index in [0.717, 1.165) is 46.1 Å². The van der Waals surface area contributed by atoms with Crippen LogP contribution in [-0.4, -0.2) is 16.5 Å². The van der Waals surface area contributed by atoms with Crippen molar-refractivity contribution in [3.8, 4) is 0 Å². The van der Waals surface area contributed by atoms with Crippen LogP contribution in [0.4, 0.5) is 17.3 Å². The molecule has 0 spiro atoms. The summed E-state index contributed by atoms with van der Waals surface area (Å²) in [5.41, 5.74) is 3.25. The Morgan fingerprint density at radius 3 is 2.43 bits per heavy atom. The van der Waals surface area contributed by atoms with Crippen molar-refractivity contribution < 1.29 is 0 Å². The minimum Gasteiger partial charge on any atom is -0.370 e. The number of nitrogens with zero attached hydrogens (tertiary/aromatic N) is 2. The van der Waals surface area contributed by atoms with Crippen LogP contribution in [0.1, 0.15) is 30.3 Å². The fourth-order valence-corrected chi connectivity index (χ4v) is 2.72. The fraction of sp³-hybridized carbons (Fsp3) is 0.375. The Kier molecular flexibility index (Phi) is 5.17. The molecule has 0 radical (unpaired) electrons. The summed E-state index contributed by atoms with van der Waals surface area (Å²) < 4.78 is 1.05. The van der Waals surface area contributed by atoms with Crippen LogP contribution in [0.5, 0.6) is 0 Å². The summed E-state index contributed by atoms with van der Waals surface area (Å²) in [6.45, 7) is 9.06. The Balaban J connectivity index is 2.32. The molecule has 2 rings (SSSR count). The molecular formula is C16H21BrN4. The summed E-state index contributed by atoms with van der Waals surface area (Å²) >= 11 is 3.52. The number of halogens is 1. The van der Waals surface area contributed by atoms with Crippen molar-refractivity contribution in [1.82, 2.24) is 9.97 Å². The molecule has 112 valence electrons. The van der Waals surface area contributed by atoms with Crippen molar-refractivity contribution in [2.45, 2.75) is 34.1 Å². The Morgan fingerprint density at radius 2 is 1.76 bits per heavy atom. The minimum absolute atomic E-state index is 0.758. The van der Waals surface area contributed by atoms with E-state index in [1.165, 1.54) is 5.56 Å². The summed E-state index contributed by atoms with van der Waals surface area (Å²) in [5.74, 6) is 2.51. The van der Waals surface area contributed by atoms with Crippen LogP contribution in [0.15, 0.2) is 22.7 Å². The second-order valence-corrected chi connectivity index (χ2v) is 6.08. The van der Waals surface area contributed by atoms with Crippen LogP contribution in [0.3, 0.4) is 0 Å². The van der Waals surface area contributed by atoms with Crippen molar-refractivity contribution in [3.05, 3.63) is 39.6 Å². The zero-order valence-corrected chi connectivity index (χ0v) is 14.5. The van der Waals surface area contributed by atoms with Gasteiger partial charge in [0.2, 0.25) is 0 Å². The second kappa shape index (κ2) is 6.89. The van der Waals surface area contributed by atoms with Crippen molar-refractivity contribution in [2.75, 3.05) is 17.2 Å². The fourth-order valence-electron chi connectivity index (χ4n) is 2.11. The molecule has 0 amide bonds. The van der Waals surface area contributed by atoms with Gasteiger partial charge in [-0.3, -0.25) is 0 Å². The molecule has 0 atom stereocenters. The smallest absolute Gasteiger partial charge is 0.139 e. The molecule has 0 saturated carbocycles. The molecule has 2 aromatic rings. The Labute approximate surface area is 134 Å². The van der Waals surface area contributed by atoms with Crippen molar-refractivity contribution in [2.24, 2.45) is 0 Å². The Bertz CT molecular complexity index is 620. The third-order valence-electron chi connectivity index (χ3n) is 3.10. The summed E-state index contributed by atoms with van der Waals surface area (Å²) in [6.07, 6.45) is 1.07. The molecule has 5 heteroatoms. The van der Waals surface area contributed by atoms with Gasteiger partial charge in [-0.05, 0) is 51.0 Å². The van der Waals surface area contributed by atoms with Crippen molar-refractivity contribution in [1.29, 1.82) is 0 Å². The first-order chi connectivity index (χ1) is 9.99. The van der Waals surface area contributed by atoms with Gasteiger partial charge < -0.3 is 10.6 Å². The van der Waals surface area contributed by atoms with Crippen LogP contribution in [-0.2, 0) is 0 Å². The Morgan fingerprint density at radius 1 is 1.05 bits per heavy atom. The van der Waals surface area contributed by atoms with Crippen LogP contribution in [0.2, 0.25) is 0 Å². The van der Waals surface area contributed by atoms with E-state index in [4.69, 9.17) is 0 Å². The molecule has 4 nitrogen and oxygen atoms in total. The first kappa shape index (κ1) is 15.8. The Hall–Kier alpha value is -1.62. The SMILES string of the molecule is CCCNc1nc(C)nc(Nc2cc(C)cc(Br)c2)c1C. The van der Waals surface area contributed by atoms with E-state index in [-0.39, 0.29) is 0 Å². The van der Waals surface area contributed by atoms with Gasteiger partial charge in [-0.25, -0.2) is 9.97 Å². The summed E-state index contributed by atoms with van der Waals surface area (Å²) in [5, 5.41) is 6.74. The van der Waals surface area contributed by atoms with Gasteiger partial charge in [0.1, 0.15) is 17.5 Å². The molecule has 0 saturated heterocycles. The van der Waals surface area contributed by atoms with Gasteiger partial charge >= 0.3 is 0 Å². The number of hydrogen-bond acceptors (Lipinski definition) is 4. The number of aryl methyl sites for hydroxylation is 2. The van der Waals surface area contributed by atoms with E-state index in [0.29, 0.717) is 0 Å². The molecule has 0 unspecified atom stereocenters. The van der Waals surface area contributed by atoms with Crippen molar-refractivity contribution in [3.63, 3.8) is 0 Å². The maximum atomic E-state index is 4.52. The normalized spacial score (nSPS) is 10.5. The number of nitrogens with one attached hydrogen (secondary N) is 2. The number of aromatic nitrogens is 2. The maximum absolute atomic E-state index is 4.52. The third kappa shape index (κ3) is 4.17. The van der Waals surface area contributed by atoms with Gasteiger partial charge in [-0.1, -0.05) is 22.9 Å². The predicted octanol–water partition coefficient (Wildman–Crippen LogP) is 4.73. The lowest BCUT2D eigenvalue weighted by atomic mass is 10.2. The van der Waals surface area contributed by atoms with E-state index >= 15 is 0 Å². The van der Waals surface area contributed by atoms with E-state index in [1.54, 1.807) is 0 Å². The zero-order valence-electron chi connectivity index (χ0n) is 12.9. The standard InChI is InChI=1S/C16H21BrN4/c1-5-6-18-15-11(3)16(20-12(4)19-15)21-14-8-10(2)7-13(17)9-14/h7-9H,5-6H2,1-4H3,(H2,18,19,20,21). The average molecular weight is 349 g/mol. The molecule has 0 aliphatic rings. The third-order valence-corrected chi connectivity index (χ3v) is 3.56. The number of hydrogen-bond donors (Lipinski definition) is 2. The molecular weight excluding hydrogens is 328 g/mol. The van der Waals surface area contributed by atoms with E-state index in [9.17, 15) is 0 Å². The van der Waals surface area contributed by atoms with Gasteiger partial charge in [-0.2, -0.15) is 0 Å². The molecule has 0 aliphatic heterocycles. The highest BCUT2D eigenvalue weighted by Crippen LogP contribution is 2.26. The molecule has 1 heterocycles. The highest BCUT2D eigenvalue weighted by atomic mass is 79.9. The van der Waals surface area contributed by atoms with E-state index < -0.39 is 0 Å². The molecule has 1 aromatic heterocycles. The first-order valence-electron chi connectivity index (χ1n) is 7.13. The van der Waals surface area contributed by atoms with Gasteiger partial charge in [0.05, 0.1) is 0 Å². The second-order valence-electron chi connectivity index (χ2n) is 5.16. The molecule has 2 N–H and O–H groups in total. The molecule has 0 aliphatic carbocycles. The first-order valence-corrected chi connectivity index (χ1v) is 7.92. The van der Waals surface area contributed by atoms with Crippen LogP contribution in [0.25, 0.3) is 0 Å². The monoisotopic (exact) mass is 348 g/mol. The molecule has 0 fully saturated rings. The van der Waals surface area contributed by atoms with Crippen LogP contribution in [0, 0.1) is 20.8 Å². The molecule has 1 aromatic carbocycles. The predicted molar refractivity (Wildman–Crippen MR) is 92.4 cm³/mol. The van der Waals surface area contributed by atoms with E-state index in [2.05, 4.69) is 62.5 Å². The maximum Gasteiger partial charge on any atom is 0.139 e. The topological polar surface area (TPSA) is 49.8 Å². The van der Waals surface area contributed by atoms with Gasteiger partial charge in [0.15, 0.2) is 0 Å². The molecule has 21 heavy (non-hydrogen) atoms.